The zero-order chi connectivity index (χ0) is 18.6. The number of hydrogen-bond acceptors (Lipinski definition) is 6. The standard InChI is InChI=1S/C20H23BrN2O2S2/c1-24-13-15(12-23-7-9-25-10-8-23)22-14-5-6-17-19(11-14)26-18-4-2-3-16(21)20(18)27-17/h2-6,11,15,22H,7-10,12-13H2,1H3/t15-/m0/s1. The minimum absolute atomic E-state index is 0.258. The van der Waals surface area contributed by atoms with E-state index in [4.69, 9.17) is 9.47 Å². The molecule has 4 nitrogen and oxygen atoms in total. The molecular weight excluding hydrogens is 444 g/mol. The lowest BCUT2D eigenvalue weighted by Crippen LogP contribution is -2.44. The summed E-state index contributed by atoms with van der Waals surface area (Å²) >= 11 is 7.34. The van der Waals surface area contributed by atoms with Crippen LogP contribution in [0.1, 0.15) is 0 Å². The zero-order valence-electron chi connectivity index (χ0n) is 15.2. The highest BCUT2D eigenvalue weighted by atomic mass is 79.9. The van der Waals surface area contributed by atoms with E-state index < -0.39 is 0 Å². The third kappa shape index (κ3) is 4.83. The van der Waals surface area contributed by atoms with Gasteiger partial charge in [-0.2, -0.15) is 0 Å². The summed E-state index contributed by atoms with van der Waals surface area (Å²) in [6.45, 7) is 5.27. The van der Waals surface area contributed by atoms with Crippen LogP contribution in [0, 0.1) is 0 Å². The molecular formula is C20H23BrN2O2S2. The van der Waals surface area contributed by atoms with Crippen molar-refractivity contribution >= 4 is 45.1 Å². The van der Waals surface area contributed by atoms with Crippen molar-refractivity contribution in [3.63, 3.8) is 0 Å². The first-order chi connectivity index (χ1) is 13.2. The van der Waals surface area contributed by atoms with Crippen molar-refractivity contribution in [1.82, 2.24) is 4.90 Å². The van der Waals surface area contributed by atoms with E-state index in [1.807, 2.05) is 23.5 Å². The molecule has 0 bridgehead atoms. The molecule has 2 aliphatic heterocycles. The number of methoxy groups -OCH3 is 1. The van der Waals surface area contributed by atoms with Crippen molar-refractivity contribution < 1.29 is 9.47 Å². The number of halogens is 1. The van der Waals surface area contributed by atoms with Gasteiger partial charge in [0.15, 0.2) is 0 Å². The molecule has 1 atom stereocenters. The molecule has 4 rings (SSSR count). The van der Waals surface area contributed by atoms with Gasteiger partial charge in [-0.3, -0.25) is 4.90 Å². The normalized spacial score (nSPS) is 17.9. The average molecular weight is 467 g/mol. The monoisotopic (exact) mass is 466 g/mol. The van der Waals surface area contributed by atoms with Crippen LogP contribution in [0.3, 0.4) is 0 Å². The van der Waals surface area contributed by atoms with Crippen molar-refractivity contribution in [2.45, 2.75) is 25.6 Å². The first-order valence-corrected chi connectivity index (χ1v) is 11.5. The fourth-order valence-corrected chi connectivity index (χ4v) is 6.36. The highest BCUT2D eigenvalue weighted by Gasteiger charge is 2.21. The number of fused-ring (bicyclic) bond motifs is 2. The van der Waals surface area contributed by atoms with Gasteiger partial charge in [-0.05, 0) is 46.3 Å². The van der Waals surface area contributed by atoms with Gasteiger partial charge in [0.05, 0.1) is 25.9 Å². The van der Waals surface area contributed by atoms with Crippen molar-refractivity contribution in [2.75, 3.05) is 51.9 Å². The van der Waals surface area contributed by atoms with E-state index in [1.165, 1.54) is 19.6 Å². The molecule has 2 heterocycles. The molecule has 1 N–H and O–H groups in total. The molecule has 0 spiro atoms. The number of hydrogen-bond donors (Lipinski definition) is 1. The summed E-state index contributed by atoms with van der Waals surface area (Å²) in [5.41, 5.74) is 1.15. The molecule has 0 aliphatic carbocycles. The summed E-state index contributed by atoms with van der Waals surface area (Å²) in [6, 6.07) is 13.3. The molecule has 144 valence electrons. The van der Waals surface area contributed by atoms with Crippen molar-refractivity contribution in [2.24, 2.45) is 0 Å². The largest absolute Gasteiger partial charge is 0.383 e. The number of nitrogens with one attached hydrogen (secondary N) is 1. The van der Waals surface area contributed by atoms with Crippen LogP contribution in [0.2, 0.25) is 0 Å². The van der Waals surface area contributed by atoms with Gasteiger partial charge < -0.3 is 14.8 Å². The first kappa shape index (κ1) is 19.6. The second-order valence-corrected chi connectivity index (χ2v) is 9.63. The highest BCUT2D eigenvalue weighted by Crippen LogP contribution is 2.51. The summed E-state index contributed by atoms with van der Waals surface area (Å²) in [5, 5.41) is 3.67. The van der Waals surface area contributed by atoms with E-state index in [0.29, 0.717) is 6.61 Å². The molecule has 0 amide bonds. The molecule has 2 aromatic carbocycles. The molecule has 2 aliphatic rings. The van der Waals surface area contributed by atoms with Crippen LogP contribution < -0.4 is 5.32 Å². The highest BCUT2D eigenvalue weighted by molar-refractivity contribution is 9.10. The maximum absolute atomic E-state index is 5.46. The number of anilines is 1. The average Bonchev–Trinajstić information content (AvgIpc) is 2.68. The van der Waals surface area contributed by atoms with Gasteiger partial charge in [0.2, 0.25) is 0 Å². The fraction of sp³-hybridized carbons (Fsp3) is 0.400. The van der Waals surface area contributed by atoms with Crippen LogP contribution in [0.15, 0.2) is 60.5 Å². The molecule has 0 aromatic heterocycles. The lowest BCUT2D eigenvalue weighted by molar-refractivity contribution is 0.0319. The third-order valence-corrected chi connectivity index (χ3v) is 8.15. The maximum atomic E-state index is 5.46. The van der Waals surface area contributed by atoms with Crippen LogP contribution in [0.25, 0.3) is 0 Å². The minimum Gasteiger partial charge on any atom is -0.383 e. The molecule has 7 heteroatoms. The topological polar surface area (TPSA) is 33.7 Å². The maximum Gasteiger partial charge on any atom is 0.0676 e. The minimum atomic E-state index is 0.258. The van der Waals surface area contributed by atoms with E-state index in [-0.39, 0.29) is 6.04 Å². The Bertz CT molecular complexity index is 800. The molecule has 1 saturated heterocycles. The molecule has 2 aromatic rings. The number of rotatable bonds is 6. The van der Waals surface area contributed by atoms with E-state index in [2.05, 4.69) is 62.5 Å². The van der Waals surface area contributed by atoms with Crippen LogP contribution >= 0.6 is 39.5 Å². The SMILES string of the molecule is COC[C@H](CN1CCOCC1)Nc1ccc2c(c1)Sc1cccc(Br)c1S2. The van der Waals surface area contributed by atoms with Crippen LogP contribution in [-0.4, -0.2) is 57.5 Å². The Kier molecular flexibility index (Phi) is 6.68. The van der Waals surface area contributed by atoms with Crippen molar-refractivity contribution in [3.8, 4) is 0 Å². The van der Waals surface area contributed by atoms with Gasteiger partial charge in [0.1, 0.15) is 0 Å². The predicted octanol–water partition coefficient (Wildman–Crippen LogP) is 4.82. The summed E-state index contributed by atoms with van der Waals surface area (Å²) in [7, 11) is 1.77. The second kappa shape index (κ2) is 9.20. The van der Waals surface area contributed by atoms with Crippen LogP contribution in [-0.2, 0) is 9.47 Å². The van der Waals surface area contributed by atoms with Gasteiger partial charge in [0.25, 0.3) is 0 Å². The molecule has 0 radical (unpaired) electrons. The fourth-order valence-electron chi connectivity index (χ4n) is 3.33. The van der Waals surface area contributed by atoms with E-state index in [0.717, 1.165) is 43.0 Å². The predicted molar refractivity (Wildman–Crippen MR) is 115 cm³/mol. The van der Waals surface area contributed by atoms with Gasteiger partial charge in [-0.15, -0.1) is 0 Å². The number of morpholine rings is 1. The lowest BCUT2D eigenvalue weighted by atomic mass is 10.2. The third-order valence-electron chi connectivity index (χ3n) is 4.63. The molecule has 1 fully saturated rings. The summed E-state index contributed by atoms with van der Waals surface area (Å²) in [5.74, 6) is 0. The Labute approximate surface area is 177 Å². The smallest absolute Gasteiger partial charge is 0.0676 e. The summed E-state index contributed by atoms with van der Waals surface area (Å²) < 4.78 is 12.1. The van der Waals surface area contributed by atoms with E-state index in [1.54, 1.807) is 7.11 Å². The van der Waals surface area contributed by atoms with Crippen LogP contribution in [0.5, 0.6) is 0 Å². The Hall–Kier alpha value is -0.700. The Morgan fingerprint density at radius 1 is 1.15 bits per heavy atom. The number of ether oxygens (including phenoxy) is 2. The summed E-state index contributed by atoms with van der Waals surface area (Å²) in [6.07, 6.45) is 0. The number of benzene rings is 2. The van der Waals surface area contributed by atoms with E-state index >= 15 is 0 Å². The second-order valence-electron chi connectivity index (χ2n) is 6.64. The Morgan fingerprint density at radius 2 is 2.00 bits per heavy atom. The Balaban J connectivity index is 1.47. The first-order valence-electron chi connectivity index (χ1n) is 9.07. The number of nitrogens with zero attached hydrogens (tertiary/aromatic N) is 1. The van der Waals surface area contributed by atoms with Gasteiger partial charge >= 0.3 is 0 Å². The lowest BCUT2D eigenvalue weighted by Gasteiger charge is -2.31. The quantitative estimate of drug-likeness (QED) is 0.560. The molecule has 0 unspecified atom stereocenters. The van der Waals surface area contributed by atoms with Crippen molar-refractivity contribution in [3.05, 3.63) is 40.9 Å². The molecule has 0 saturated carbocycles. The summed E-state index contributed by atoms with van der Waals surface area (Å²) in [4.78, 5) is 7.66. The van der Waals surface area contributed by atoms with Crippen LogP contribution in [0.4, 0.5) is 5.69 Å². The van der Waals surface area contributed by atoms with Crippen molar-refractivity contribution in [1.29, 1.82) is 0 Å². The van der Waals surface area contributed by atoms with E-state index in [9.17, 15) is 0 Å². The van der Waals surface area contributed by atoms with Gasteiger partial charge in [-0.25, -0.2) is 0 Å². The van der Waals surface area contributed by atoms with Gasteiger partial charge in [-0.1, -0.05) is 29.6 Å². The molecule has 27 heavy (non-hydrogen) atoms. The van der Waals surface area contributed by atoms with Gasteiger partial charge in [0, 0.05) is 56.5 Å². The Morgan fingerprint density at radius 3 is 2.81 bits per heavy atom. The zero-order valence-corrected chi connectivity index (χ0v) is 18.5.